The topological polar surface area (TPSA) is 47.0 Å². The summed E-state index contributed by atoms with van der Waals surface area (Å²) in [6.07, 6.45) is 8.00. The van der Waals surface area contributed by atoms with Gasteiger partial charge >= 0.3 is 0 Å². The first-order chi connectivity index (χ1) is 10.6. The van der Waals surface area contributed by atoms with Crippen molar-refractivity contribution >= 4 is 20.7 Å². The molecule has 2 aliphatic rings. The van der Waals surface area contributed by atoms with E-state index in [-0.39, 0.29) is 10.5 Å². The van der Waals surface area contributed by atoms with Gasteiger partial charge in [-0.15, -0.1) is 0 Å². The van der Waals surface area contributed by atoms with Crippen molar-refractivity contribution < 1.29 is 8.42 Å². The van der Waals surface area contributed by atoms with Crippen molar-refractivity contribution in [2.24, 2.45) is 0 Å². The van der Waals surface area contributed by atoms with Crippen molar-refractivity contribution in [2.75, 3.05) is 0 Å². The Bertz CT molecular complexity index is 849. The number of fused-ring (bicyclic) bond motifs is 3. The van der Waals surface area contributed by atoms with Crippen LogP contribution in [0.5, 0.6) is 0 Å². The molecule has 0 spiro atoms. The van der Waals surface area contributed by atoms with Gasteiger partial charge in [0.2, 0.25) is 0 Å². The lowest BCUT2D eigenvalue weighted by molar-refractivity contribution is 0.507. The molecule has 1 aromatic heterocycles. The average molecular weight is 313 g/mol. The summed E-state index contributed by atoms with van der Waals surface area (Å²) in [5, 5.41) is 0.733. The van der Waals surface area contributed by atoms with Gasteiger partial charge in [-0.3, -0.25) is 4.98 Å². The first-order valence-corrected chi connectivity index (χ1v) is 9.50. The Morgan fingerprint density at radius 2 is 2.00 bits per heavy atom. The van der Waals surface area contributed by atoms with E-state index >= 15 is 0 Å². The van der Waals surface area contributed by atoms with Crippen LogP contribution in [-0.2, 0) is 16.3 Å². The van der Waals surface area contributed by atoms with Crippen LogP contribution in [0.3, 0.4) is 0 Å². The lowest BCUT2D eigenvalue weighted by Crippen LogP contribution is -2.39. The van der Waals surface area contributed by atoms with E-state index < -0.39 is 9.84 Å². The summed E-state index contributed by atoms with van der Waals surface area (Å²) in [6.45, 7) is 0. The van der Waals surface area contributed by atoms with Crippen molar-refractivity contribution in [3.8, 4) is 0 Å². The van der Waals surface area contributed by atoms with E-state index in [9.17, 15) is 8.42 Å². The number of rotatable bonds is 2. The highest BCUT2D eigenvalue weighted by Crippen LogP contribution is 2.37. The number of para-hydroxylation sites is 1. The van der Waals surface area contributed by atoms with Crippen LogP contribution in [0.2, 0.25) is 0 Å². The molecule has 0 saturated carbocycles. The van der Waals surface area contributed by atoms with Crippen LogP contribution in [-0.4, -0.2) is 23.9 Å². The molecule has 0 radical (unpaired) electrons. The maximum atomic E-state index is 12.3. The number of sulfone groups is 1. The maximum Gasteiger partial charge on any atom is 0.159 e. The van der Waals surface area contributed by atoms with Gasteiger partial charge in [0.15, 0.2) is 9.84 Å². The minimum Gasteiger partial charge on any atom is -0.256 e. The Kier molecular flexibility index (Phi) is 3.30. The summed E-state index contributed by atoms with van der Waals surface area (Å²) in [7, 11) is -2.93. The second-order valence-electron chi connectivity index (χ2n) is 6.38. The molecule has 2 bridgehead atoms. The largest absolute Gasteiger partial charge is 0.256 e. The van der Waals surface area contributed by atoms with Gasteiger partial charge in [-0.25, -0.2) is 8.42 Å². The number of nitrogens with zero attached hydrogens (tertiary/aromatic N) is 1. The van der Waals surface area contributed by atoms with Crippen LogP contribution >= 0.6 is 0 Å². The molecule has 4 rings (SSSR count). The molecule has 0 amide bonds. The summed E-state index contributed by atoms with van der Waals surface area (Å²) in [4.78, 5) is 4.50. The van der Waals surface area contributed by atoms with Gasteiger partial charge in [-0.2, -0.15) is 0 Å². The molecule has 4 heteroatoms. The fourth-order valence-corrected chi connectivity index (χ4v) is 6.14. The Balaban J connectivity index is 1.70. The van der Waals surface area contributed by atoms with E-state index in [1.807, 2.05) is 18.3 Å². The van der Waals surface area contributed by atoms with Gasteiger partial charge in [0.05, 0.1) is 16.0 Å². The fourth-order valence-electron chi connectivity index (χ4n) is 3.83. The second-order valence-corrected chi connectivity index (χ2v) is 8.83. The van der Waals surface area contributed by atoms with Gasteiger partial charge < -0.3 is 0 Å². The lowest BCUT2D eigenvalue weighted by Gasteiger charge is -2.33. The molecule has 3 heterocycles. The van der Waals surface area contributed by atoms with E-state index in [0.29, 0.717) is 6.42 Å². The van der Waals surface area contributed by atoms with Gasteiger partial charge in [-0.05, 0) is 37.3 Å². The monoisotopic (exact) mass is 313 g/mol. The molecule has 1 saturated heterocycles. The van der Waals surface area contributed by atoms with Crippen LogP contribution in [0.4, 0.5) is 0 Å². The van der Waals surface area contributed by atoms with Crippen molar-refractivity contribution in [3.63, 3.8) is 0 Å². The quantitative estimate of drug-likeness (QED) is 0.798. The summed E-state index contributed by atoms with van der Waals surface area (Å²) in [5.74, 6) is 0. The summed E-state index contributed by atoms with van der Waals surface area (Å²) in [6, 6.07) is 10.2. The molecule has 2 aliphatic heterocycles. The maximum absolute atomic E-state index is 12.3. The molecule has 2 atom stereocenters. The standard InChI is InChI=1S/C18H19NO2S/c20-22(21)16-7-2-8-17(22)12-13(11-16)10-15-5-1-4-14-6-3-9-19-18(14)15/h1,3-6,9,11,16-17H,2,7-8,10,12H2. The third kappa shape index (κ3) is 2.26. The Morgan fingerprint density at radius 3 is 2.86 bits per heavy atom. The lowest BCUT2D eigenvalue weighted by atomic mass is 9.93. The Labute approximate surface area is 131 Å². The highest BCUT2D eigenvalue weighted by Gasteiger charge is 2.40. The third-order valence-corrected chi connectivity index (χ3v) is 7.49. The van der Waals surface area contributed by atoms with E-state index in [1.165, 1.54) is 11.1 Å². The zero-order valence-electron chi connectivity index (χ0n) is 12.4. The normalized spacial score (nSPS) is 26.6. The fraction of sp³-hybridized carbons (Fsp3) is 0.389. The van der Waals surface area contributed by atoms with E-state index in [2.05, 4.69) is 29.2 Å². The number of aromatic nitrogens is 1. The zero-order chi connectivity index (χ0) is 15.2. The molecule has 0 N–H and O–H groups in total. The molecule has 1 fully saturated rings. The van der Waals surface area contributed by atoms with Crippen LogP contribution in [0.25, 0.3) is 10.9 Å². The molecule has 114 valence electrons. The molecule has 3 nitrogen and oxygen atoms in total. The van der Waals surface area contributed by atoms with Crippen LogP contribution in [0.15, 0.2) is 48.2 Å². The molecular weight excluding hydrogens is 294 g/mol. The van der Waals surface area contributed by atoms with Crippen molar-refractivity contribution in [1.82, 2.24) is 4.98 Å². The highest BCUT2D eigenvalue weighted by atomic mass is 32.2. The summed E-state index contributed by atoms with van der Waals surface area (Å²) < 4.78 is 24.7. The van der Waals surface area contributed by atoms with Crippen molar-refractivity contribution in [1.29, 1.82) is 0 Å². The van der Waals surface area contributed by atoms with Crippen LogP contribution in [0, 0.1) is 0 Å². The zero-order valence-corrected chi connectivity index (χ0v) is 13.2. The Morgan fingerprint density at radius 1 is 1.14 bits per heavy atom. The molecule has 1 aromatic carbocycles. The van der Waals surface area contributed by atoms with Crippen molar-refractivity contribution in [3.05, 3.63) is 53.7 Å². The van der Waals surface area contributed by atoms with Crippen molar-refractivity contribution in [2.45, 2.75) is 42.6 Å². The summed E-state index contributed by atoms with van der Waals surface area (Å²) in [5.41, 5.74) is 3.49. The SMILES string of the molecule is O=S1(=O)C2C=C(Cc3cccc4cccnc34)CC1CCC2. The molecule has 2 aromatic rings. The number of hydrogen-bond donors (Lipinski definition) is 0. The van der Waals surface area contributed by atoms with Gasteiger partial charge in [0, 0.05) is 11.6 Å². The predicted octanol–water partition coefficient (Wildman–Crippen LogP) is 3.44. The van der Waals surface area contributed by atoms with Crippen LogP contribution < -0.4 is 0 Å². The number of pyridine rings is 1. The van der Waals surface area contributed by atoms with E-state index in [1.54, 1.807) is 0 Å². The number of benzene rings is 1. The van der Waals surface area contributed by atoms with E-state index in [0.717, 1.165) is 36.6 Å². The van der Waals surface area contributed by atoms with Gasteiger partial charge in [0.1, 0.15) is 0 Å². The average Bonchev–Trinajstić information content (AvgIpc) is 2.48. The van der Waals surface area contributed by atoms with Gasteiger partial charge in [0.25, 0.3) is 0 Å². The molecule has 2 unspecified atom stereocenters. The number of allylic oxidation sites excluding steroid dienone is 1. The predicted molar refractivity (Wildman–Crippen MR) is 88.5 cm³/mol. The minimum absolute atomic E-state index is 0.158. The molecular formula is C18H19NO2S. The highest BCUT2D eigenvalue weighted by molar-refractivity contribution is 7.92. The third-order valence-electron chi connectivity index (χ3n) is 4.95. The minimum atomic E-state index is -2.93. The number of hydrogen-bond acceptors (Lipinski definition) is 3. The first kappa shape index (κ1) is 13.9. The molecule has 0 aliphatic carbocycles. The first-order valence-electron chi connectivity index (χ1n) is 7.89. The smallest absolute Gasteiger partial charge is 0.159 e. The van der Waals surface area contributed by atoms with E-state index in [4.69, 9.17) is 0 Å². The molecule has 22 heavy (non-hydrogen) atoms. The van der Waals surface area contributed by atoms with Gasteiger partial charge in [-0.1, -0.05) is 42.3 Å². The van der Waals surface area contributed by atoms with Crippen LogP contribution in [0.1, 0.15) is 31.2 Å². The summed E-state index contributed by atoms with van der Waals surface area (Å²) >= 11 is 0. The Hall–Kier alpha value is -1.68. The second kappa shape index (κ2) is 5.20.